The summed E-state index contributed by atoms with van der Waals surface area (Å²) in [5.74, 6) is 0. The Kier molecular flexibility index (Phi) is 12.9. The summed E-state index contributed by atoms with van der Waals surface area (Å²) in [6, 6.07) is 0. The molecule has 0 aliphatic heterocycles. The van der Waals surface area contributed by atoms with Crippen molar-refractivity contribution in [2.24, 2.45) is 0 Å². The molecular weight excluding hydrogens is 108 g/mol. The van der Waals surface area contributed by atoms with E-state index in [9.17, 15) is 4.79 Å². The third-order valence-electron chi connectivity index (χ3n) is 0.197. The third kappa shape index (κ3) is 46.6. The highest BCUT2D eigenvalue weighted by Gasteiger charge is 1.81. The van der Waals surface area contributed by atoms with Gasteiger partial charge in [-0.25, -0.2) is 0 Å². The Morgan fingerprint density at radius 1 is 1.75 bits per heavy atom. The van der Waals surface area contributed by atoms with E-state index in [0.717, 1.165) is 0 Å². The van der Waals surface area contributed by atoms with Gasteiger partial charge in [-0.1, -0.05) is 0 Å². The molecule has 0 aliphatic rings. The average molecular weight is 120 g/mol. The highest BCUT2D eigenvalue weighted by Crippen LogP contribution is 1.62. The summed E-state index contributed by atoms with van der Waals surface area (Å²) in [7, 11) is 0. The number of carbonyl (C=O) groups excluding carboxylic acids is 1. The maximum absolute atomic E-state index is 9.25. The standard InChI is InChI=1S/C3H6O2.C2H6O/c1-3(5)2-4;1-2-3/h2-3,5H,1H3;3H,2H2,1H3. The van der Waals surface area contributed by atoms with Crippen LogP contribution in [0.5, 0.6) is 0 Å². The van der Waals surface area contributed by atoms with Gasteiger partial charge < -0.3 is 15.0 Å². The molecule has 50 valence electrons. The lowest BCUT2D eigenvalue weighted by atomic mass is 10.5. The summed E-state index contributed by atoms with van der Waals surface area (Å²) in [6.07, 6.45) is -0.324. The maximum atomic E-state index is 9.25. The molecule has 1 unspecified atom stereocenters. The van der Waals surface area contributed by atoms with Gasteiger partial charge in [0, 0.05) is 6.61 Å². The number of hydrogen-bond donors (Lipinski definition) is 2. The number of aldehydes is 1. The first-order valence-electron chi connectivity index (χ1n) is 2.43. The lowest BCUT2D eigenvalue weighted by molar-refractivity contribution is -0.114. The number of aliphatic hydroxyl groups is 2. The van der Waals surface area contributed by atoms with Crippen LogP contribution in [0.2, 0.25) is 0 Å². The van der Waals surface area contributed by atoms with Crippen LogP contribution in [0.15, 0.2) is 0 Å². The Labute approximate surface area is 49.0 Å². The monoisotopic (exact) mass is 120 g/mol. The first-order valence-corrected chi connectivity index (χ1v) is 2.43. The minimum absolute atomic E-state index is 0.250. The van der Waals surface area contributed by atoms with Crippen LogP contribution in [-0.2, 0) is 4.79 Å². The molecule has 0 bridgehead atoms. The fourth-order valence-corrected chi connectivity index (χ4v) is 0. The molecule has 0 amide bonds. The molecule has 0 saturated carbocycles. The lowest BCUT2D eigenvalue weighted by Gasteiger charge is -1.79. The third-order valence-corrected chi connectivity index (χ3v) is 0.197. The van der Waals surface area contributed by atoms with Crippen LogP contribution < -0.4 is 0 Å². The van der Waals surface area contributed by atoms with Crippen molar-refractivity contribution in [2.45, 2.75) is 20.0 Å². The minimum Gasteiger partial charge on any atom is -0.397 e. The summed E-state index contributed by atoms with van der Waals surface area (Å²) in [6.45, 7) is 3.34. The summed E-state index contributed by atoms with van der Waals surface area (Å²) in [4.78, 5) is 9.25. The van der Waals surface area contributed by atoms with E-state index in [1.807, 2.05) is 0 Å². The van der Waals surface area contributed by atoms with Crippen molar-refractivity contribution < 1.29 is 15.0 Å². The van der Waals surface area contributed by atoms with Gasteiger partial charge in [0.25, 0.3) is 0 Å². The molecule has 3 nitrogen and oxygen atoms in total. The molecule has 0 saturated heterocycles. The zero-order valence-corrected chi connectivity index (χ0v) is 5.16. The van der Waals surface area contributed by atoms with E-state index >= 15 is 0 Å². The first kappa shape index (κ1) is 10.5. The summed E-state index contributed by atoms with van der Waals surface area (Å²) in [5, 5.41) is 15.6. The van der Waals surface area contributed by atoms with E-state index in [0.29, 0.717) is 6.29 Å². The molecule has 0 fully saturated rings. The van der Waals surface area contributed by atoms with Crippen LogP contribution in [0.25, 0.3) is 0 Å². The second kappa shape index (κ2) is 9.77. The van der Waals surface area contributed by atoms with E-state index < -0.39 is 6.10 Å². The van der Waals surface area contributed by atoms with Gasteiger partial charge in [0.1, 0.15) is 12.4 Å². The van der Waals surface area contributed by atoms with Gasteiger partial charge in [-0.2, -0.15) is 0 Å². The second-order valence-electron chi connectivity index (χ2n) is 1.19. The summed E-state index contributed by atoms with van der Waals surface area (Å²) < 4.78 is 0. The fraction of sp³-hybridized carbons (Fsp3) is 0.800. The number of aliphatic hydroxyl groups excluding tert-OH is 2. The molecule has 0 aromatic heterocycles. The molecule has 8 heavy (non-hydrogen) atoms. The molecule has 0 spiro atoms. The molecule has 0 aromatic rings. The molecule has 0 radical (unpaired) electrons. The largest absolute Gasteiger partial charge is 0.397 e. The molecule has 0 aliphatic carbocycles. The average Bonchev–Trinajstić information content (AvgIpc) is 1.69. The quantitative estimate of drug-likeness (QED) is 0.461. The van der Waals surface area contributed by atoms with Crippen molar-refractivity contribution in [2.75, 3.05) is 6.61 Å². The van der Waals surface area contributed by atoms with Crippen molar-refractivity contribution in [1.82, 2.24) is 0 Å². The Bertz CT molecular complexity index is 42.9. The van der Waals surface area contributed by atoms with Gasteiger partial charge in [0.05, 0.1) is 0 Å². The van der Waals surface area contributed by atoms with Gasteiger partial charge in [0.15, 0.2) is 0 Å². The highest BCUT2D eigenvalue weighted by atomic mass is 16.3. The van der Waals surface area contributed by atoms with Crippen molar-refractivity contribution >= 4 is 6.29 Å². The van der Waals surface area contributed by atoms with E-state index in [1.165, 1.54) is 6.92 Å². The van der Waals surface area contributed by atoms with Crippen molar-refractivity contribution in [3.63, 3.8) is 0 Å². The number of rotatable bonds is 1. The minimum atomic E-state index is -0.796. The number of carbonyl (C=O) groups is 1. The van der Waals surface area contributed by atoms with Crippen molar-refractivity contribution in [3.8, 4) is 0 Å². The van der Waals surface area contributed by atoms with Crippen LogP contribution in [0, 0.1) is 0 Å². The van der Waals surface area contributed by atoms with Crippen molar-refractivity contribution in [1.29, 1.82) is 0 Å². The van der Waals surface area contributed by atoms with Crippen LogP contribution in [-0.4, -0.2) is 29.2 Å². The van der Waals surface area contributed by atoms with Crippen LogP contribution in [0.3, 0.4) is 0 Å². The Balaban J connectivity index is 0. The number of hydrogen-bond acceptors (Lipinski definition) is 3. The normalized spacial score (nSPS) is 11.0. The van der Waals surface area contributed by atoms with Crippen LogP contribution in [0.4, 0.5) is 0 Å². The topological polar surface area (TPSA) is 57.5 Å². The van der Waals surface area contributed by atoms with Gasteiger partial charge in [-0.3, -0.25) is 0 Å². The smallest absolute Gasteiger partial charge is 0.148 e. The van der Waals surface area contributed by atoms with E-state index in [4.69, 9.17) is 10.2 Å². The van der Waals surface area contributed by atoms with E-state index in [2.05, 4.69) is 0 Å². The lowest BCUT2D eigenvalue weighted by Crippen LogP contribution is -1.97. The van der Waals surface area contributed by atoms with Gasteiger partial charge in [0.2, 0.25) is 0 Å². The summed E-state index contributed by atoms with van der Waals surface area (Å²) in [5.41, 5.74) is 0. The molecule has 0 heterocycles. The Morgan fingerprint density at radius 3 is 1.88 bits per heavy atom. The van der Waals surface area contributed by atoms with E-state index in [-0.39, 0.29) is 6.61 Å². The molecule has 2 N–H and O–H groups in total. The Hall–Kier alpha value is -0.410. The Morgan fingerprint density at radius 2 is 1.88 bits per heavy atom. The first-order chi connectivity index (χ1) is 3.68. The fourth-order valence-electron chi connectivity index (χ4n) is 0. The maximum Gasteiger partial charge on any atom is 0.148 e. The summed E-state index contributed by atoms with van der Waals surface area (Å²) >= 11 is 0. The molecule has 0 aromatic carbocycles. The van der Waals surface area contributed by atoms with Crippen LogP contribution in [0.1, 0.15) is 13.8 Å². The van der Waals surface area contributed by atoms with Crippen molar-refractivity contribution in [3.05, 3.63) is 0 Å². The molecular formula is C5H12O3. The SMILES string of the molecule is CC(O)C=O.CCO. The second-order valence-corrected chi connectivity index (χ2v) is 1.19. The molecule has 0 rings (SSSR count). The zero-order valence-electron chi connectivity index (χ0n) is 5.16. The predicted octanol–water partition coefficient (Wildman–Crippen LogP) is -0.435. The van der Waals surface area contributed by atoms with E-state index in [1.54, 1.807) is 6.92 Å². The molecule has 3 heteroatoms. The van der Waals surface area contributed by atoms with Gasteiger partial charge in [-0.05, 0) is 13.8 Å². The zero-order chi connectivity index (χ0) is 6.99. The van der Waals surface area contributed by atoms with Gasteiger partial charge >= 0.3 is 0 Å². The predicted molar refractivity (Wildman–Crippen MR) is 30.5 cm³/mol. The van der Waals surface area contributed by atoms with Gasteiger partial charge in [-0.15, -0.1) is 0 Å². The van der Waals surface area contributed by atoms with Crippen LogP contribution >= 0.6 is 0 Å². The highest BCUT2D eigenvalue weighted by molar-refractivity contribution is 5.54. The molecule has 1 atom stereocenters.